The van der Waals surface area contributed by atoms with Crippen LogP contribution in [0, 0.1) is 6.92 Å². The summed E-state index contributed by atoms with van der Waals surface area (Å²) in [5, 5.41) is 13.5. The summed E-state index contributed by atoms with van der Waals surface area (Å²) in [6.45, 7) is 2.76. The van der Waals surface area contributed by atoms with Gasteiger partial charge >= 0.3 is 0 Å². The van der Waals surface area contributed by atoms with Crippen molar-refractivity contribution in [2.75, 3.05) is 17.6 Å². The van der Waals surface area contributed by atoms with Crippen molar-refractivity contribution in [3.63, 3.8) is 0 Å². The molecule has 1 saturated heterocycles. The van der Waals surface area contributed by atoms with Crippen molar-refractivity contribution in [2.24, 2.45) is 15.9 Å². The van der Waals surface area contributed by atoms with Gasteiger partial charge in [0.15, 0.2) is 0 Å². The van der Waals surface area contributed by atoms with E-state index in [9.17, 15) is 0 Å². The first-order chi connectivity index (χ1) is 12.6. The summed E-state index contributed by atoms with van der Waals surface area (Å²) in [7, 11) is 0. The highest BCUT2D eigenvalue weighted by Gasteiger charge is 2.24. The van der Waals surface area contributed by atoms with Crippen molar-refractivity contribution < 1.29 is 0 Å². The van der Waals surface area contributed by atoms with Crippen molar-refractivity contribution in [3.8, 4) is 0 Å². The molecule has 8 heteroatoms. The number of benzene rings is 2. The minimum Gasteiger partial charge on any atom is -0.367 e. The second-order valence-corrected chi connectivity index (χ2v) is 7.65. The van der Waals surface area contributed by atoms with Crippen molar-refractivity contribution in [3.05, 3.63) is 64.1 Å². The smallest absolute Gasteiger partial charge is 0.236 e. The number of hydrogen-bond donors (Lipinski definition) is 2. The van der Waals surface area contributed by atoms with E-state index in [1.807, 2.05) is 33.7 Å². The molecule has 1 aliphatic heterocycles. The van der Waals surface area contributed by atoms with Gasteiger partial charge in [-0.1, -0.05) is 45.8 Å². The van der Waals surface area contributed by atoms with Gasteiger partial charge < -0.3 is 5.73 Å². The topological polar surface area (TPSA) is 69.2 Å². The lowest BCUT2D eigenvalue weighted by atomic mass is 10.1. The summed E-state index contributed by atoms with van der Waals surface area (Å²) in [6, 6.07) is 16.3. The number of halogens is 1. The van der Waals surface area contributed by atoms with Crippen LogP contribution in [-0.2, 0) is 6.42 Å². The van der Waals surface area contributed by atoms with Crippen molar-refractivity contribution in [1.82, 2.24) is 9.73 Å². The van der Waals surface area contributed by atoms with Crippen LogP contribution in [0.15, 0.2) is 63.2 Å². The first-order valence-electron chi connectivity index (χ1n) is 8.21. The standard InChI is InChI=1S/C18H21BrN6S/c1-14-2-4-15(5-3-14)10-11-22-23-18(20)25(24-12-21-13-26-24)17-8-6-16(19)7-9-17/h2-9,11,21H,10,12-13H2,1H3,(H2,20,23)/b22-11+. The number of nitrogens with one attached hydrogen (secondary N) is 1. The number of anilines is 1. The van der Waals surface area contributed by atoms with Gasteiger partial charge in [0, 0.05) is 17.1 Å². The Morgan fingerprint density at radius 3 is 2.65 bits per heavy atom. The van der Waals surface area contributed by atoms with E-state index in [0.717, 1.165) is 22.5 Å². The summed E-state index contributed by atoms with van der Waals surface area (Å²) < 4.78 is 3.04. The molecule has 3 rings (SSSR count). The van der Waals surface area contributed by atoms with Crippen LogP contribution in [0.4, 0.5) is 5.69 Å². The highest BCUT2D eigenvalue weighted by molar-refractivity contribution is 9.10. The van der Waals surface area contributed by atoms with Crippen LogP contribution in [0.2, 0.25) is 0 Å². The van der Waals surface area contributed by atoms with E-state index < -0.39 is 0 Å². The van der Waals surface area contributed by atoms with Gasteiger partial charge in [-0.2, -0.15) is 5.10 Å². The Morgan fingerprint density at radius 2 is 2.00 bits per heavy atom. The van der Waals surface area contributed by atoms with Gasteiger partial charge in [0.2, 0.25) is 5.96 Å². The summed E-state index contributed by atoms with van der Waals surface area (Å²) in [6.07, 6.45) is 2.49. The largest absolute Gasteiger partial charge is 0.367 e. The summed E-state index contributed by atoms with van der Waals surface area (Å²) in [5.41, 5.74) is 9.60. The van der Waals surface area contributed by atoms with Gasteiger partial charge in [-0.05, 0) is 48.7 Å². The lowest BCUT2D eigenvalue weighted by Crippen LogP contribution is -2.47. The Morgan fingerprint density at radius 1 is 1.27 bits per heavy atom. The van der Waals surface area contributed by atoms with Gasteiger partial charge in [0.1, 0.15) is 0 Å². The quantitative estimate of drug-likeness (QED) is 0.327. The maximum atomic E-state index is 6.23. The monoisotopic (exact) mass is 432 g/mol. The number of guanidine groups is 1. The van der Waals surface area contributed by atoms with E-state index in [2.05, 4.69) is 62.6 Å². The molecule has 6 nitrogen and oxygen atoms in total. The maximum Gasteiger partial charge on any atom is 0.236 e. The molecule has 26 heavy (non-hydrogen) atoms. The fourth-order valence-electron chi connectivity index (χ4n) is 2.41. The third-order valence-electron chi connectivity index (χ3n) is 3.76. The van der Waals surface area contributed by atoms with Crippen LogP contribution in [0.3, 0.4) is 0 Å². The number of rotatable bonds is 5. The molecule has 0 atom stereocenters. The van der Waals surface area contributed by atoms with Crippen molar-refractivity contribution >= 4 is 45.7 Å². The van der Waals surface area contributed by atoms with Crippen molar-refractivity contribution in [1.29, 1.82) is 0 Å². The third-order valence-corrected chi connectivity index (χ3v) is 5.22. The van der Waals surface area contributed by atoms with Gasteiger partial charge in [-0.15, -0.1) is 9.52 Å². The Hall–Kier alpha value is -1.87. The normalized spacial score (nSPS) is 15.7. The van der Waals surface area contributed by atoms with Crippen LogP contribution in [0.5, 0.6) is 0 Å². The molecule has 0 radical (unpaired) electrons. The Bertz CT molecular complexity index is 769. The fourth-order valence-corrected chi connectivity index (χ4v) is 3.48. The SMILES string of the molecule is Cc1ccc(C/C=N/N=C(\N)N(c2ccc(Br)cc2)N2CNCS2)cc1. The average molecular weight is 433 g/mol. The molecular formula is C18H21BrN6S. The Kier molecular flexibility index (Phi) is 6.67. The molecule has 2 aromatic carbocycles. The first-order valence-corrected chi connectivity index (χ1v) is 9.94. The number of hydrogen-bond acceptors (Lipinski definition) is 5. The molecule has 1 heterocycles. The molecule has 0 amide bonds. The minimum atomic E-state index is 0.323. The lowest BCUT2D eigenvalue weighted by molar-refractivity contribution is 0.488. The summed E-state index contributed by atoms with van der Waals surface area (Å²) in [5.74, 6) is 1.15. The predicted octanol–water partition coefficient (Wildman–Crippen LogP) is 3.49. The first kappa shape index (κ1) is 18.9. The van der Waals surface area contributed by atoms with E-state index in [1.54, 1.807) is 18.2 Å². The molecule has 0 aromatic heterocycles. The van der Waals surface area contributed by atoms with Gasteiger partial charge in [0.25, 0.3) is 0 Å². The molecule has 3 N–H and O–H groups in total. The van der Waals surface area contributed by atoms with E-state index >= 15 is 0 Å². The number of hydrazine groups is 1. The third kappa shape index (κ3) is 5.07. The molecule has 2 aromatic rings. The number of aryl methyl sites for hydroxylation is 1. The zero-order valence-electron chi connectivity index (χ0n) is 14.5. The van der Waals surface area contributed by atoms with Gasteiger partial charge in [0.05, 0.1) is 18.2 Å². The highest BCUT2D eigenvalue weighted by atomic mass is 79.9. The molecule has 1 aliphatic rings. The minimum absolute atomic E-state index is 0.323. The molecule has 136 valence electrons. The molecule has 0 aliphatic carbocycles. The van der Waals surface area contributed by atoms with E-state index in [4.69, 9.17) is 5.73 Å². The highest BCUT2D eigenvalue weighted by Crippen LogP contribution is 2.25. The zero-order chi connectivity index (χ0) is 18.4. The van der Waals surface area contributed by atoms with Crippen LogP contribution in [0.25, 0.3) is 0 Å². The summed E-state index contributed by atoms with van der Waals surface area (Å²) in [4.78, 5) is 0. The number of nitrogens with zero attached hydrogens (tertiary/aromatic N) is 4. The zero-order valence-corrected chi connectivity index (χ0v) is 16.9. The van der Waals surface area contributed by atoms with E-state index in [-0.39, 0.29) is 0 Å². The predicted molar refractivity (Wildman–Crippen MR) is 114 cm³/mol. The maximum absolute atomic E-state index is 6.23. The van der Waals surface area contributed by atoms with Crippen molar-refractivity contribution in [2.45, 2.75) is 13.3 Å². The Balaban J connectivity index is 1.72. The lowest BCUT2D eigenvalue weighted by Gasteiger charge is -2.29. The molecule has 1 fully saturated rings. The van der Waals surface area contributed by atoms with Gasteiger partial charge in [-0.3, -0.25) is 5.32 Å². The average Bonchev–Trinajstić information content (AvgIpc) is 3.16. The second kappa shape index (κ2) is 9.18. The van der Waals surface area contributed by atoms with E-state index in [1.165, 1.54) is 11.1 Å². The molecule has 0 saturated carbocycles. The van der Waals surface area contributed by atoms with E-state index in [0.29, 0.717) is 12.6 Å². The molecule has 0 spiro atoms. The number of nitrogens with two attached hydrogens (primary N) is 1. The van der Waals surface area contributed by atoms with Crippen LogP contribution in [0.1, 0.15) is 11.1 Å². The molecule has 0 unspecified atom stereocenters. The summed E-state index contributed by atoms with van der Waals surface area (Å²) >= 11 is 5.10. The molecular weight excluding hydrogens is 412 g/mol. The van der Waals surface area contributed by atoms with Crippen LogP contribution < -0.4 is 16.1 Å². The van der Waals surface area contributed by atoms with Crippen LogP contribution >= 0.6 is 27.9 Å². The Labute approximate surface area is 166 Å². The second-order valence-electron chi connectivity index (χ2n) is 5.77. The molecule has 0 bridgehead atoms. The van der Waals surface area contributed by atoms with Crippen LogP contribution in [-0.4, -0.2) is 29.1 Å². The van der Waals surface area contributed by atoms with Gasteiger partial charge in [-0.25, -0.2) is 5.01 Å². The fraction of sp³-hybridized carbons (Fsp3) is 0.222.